The molecule has 4 heteroatoms. The maximum absolute atomic E-state index is 12.8. The largest absolute Gasteiger partial charge is 0.336 e. The van der Waals surface area contributed by atoms with E-state index in [4.69, 9.17) is 0 Å². The van der Waals surface area contributed by atoms with Crippen molar-refractivity contribution in [2.24, 2.45) is 5.92 Å². The summed E-state index contributed by atoms with van der Waals surface area (Å²) in [6.07, 6.45) is 7.29. The summed E-state index contributed by atoms with van der Waals surface area (Å²) in [5.74, 6) is 0.506. The van der Waals surface area contributed by atoms with Crippen molar-refractivity contribution in [3.63, 3.8) is 0 Å². The third-order valence-corrected chi connectivity index (χ3v) is 5.06. The minimum Gasteiger partial charge on any atom is -0.336 e. The van der Waals surface area contributed by atoms with Crippen molar-refractivity contribution in [1.82, 2.24) is 9.80 Å². The van der Waals surface area contributed by atoms with Crippen molar-refractivity contribution < 1.29 is 4.79 Å². The maximum atomic E-state index is 12.8. The highest BCUT2D eigenvalue weighted by atomic mass is 32.1. The van der Waals surface area contributed by atoms with Crippen LogP contribution in [0.15, 0.2) is 23.6 Å². The lowest BCUT2D eigenvalue weighted by Gasteiger charge is -2.29. The molecule has 0 aliphatic heterocycles. The molecule has 0 unspecified atom stereocenters. The number of likely N-dealkylation sites (N-methyl/N-ethyl adjacent to an activating group) is 1. The molecule has 0 spiro atoms. The number of rotatable bonds is 6. The molecule has 1 amide bonds. The molecule has 0 N–H and O–H groups in total. The van der Waals surface area contributed by atoms with Gasteiger partial charge in [-0.15, -0.1) is 11.3 Å². The molecule has 0 bridgehead atoms. The van der Waals surface area contributed by atoms with Crippen molar-refractivity contribution >= 4 is 17.2 Å². The van der Waals surface area contributed by atoms with Gasteiger partial charge in [-0.1, -0.05) is 12.2 Å². The Morgan fingerprint density at radius 1 is 1.33 bits per heavy atom. The van der Waals surface area contributed by atoms with Crippen molar-refractivity contribution in [3.05, 3.63) is 34.0 Å². The molecule has 2 rings (SSSR count). The highest BCUT2D eigenvalue weighted by Crippen LogP contribution is 2.23. The van der Waals surface area contributed by atoms with Gasteiger partial charge in [-0.2, -0.15) is 0 Å². The zero-order valence-corrected chi connectivity index (χ0v) is 14.2. The lowest BCUT2D eigenvalue weighted by Crippen LogP contribution is -2.40. The zero-order valence-electron chi connectivity index (χ0n) is 13.3. The number of carbonyl (C=O) groups excluding carboxylic acids is 1. The molecule has 0 saturated carbocycles. The first-order chi connectivity index (χ1) is 10.1. The molecule has 1 aliphatic carbocycles. The third kappa shape index (κ3) is 4.68. The number of amides is 1. The monoisotopic (exact) mass is 306 g/mol. The van der Waals surface area contributed by atoms with E-state index >= 15 is 0 Å². The fourth-order valence-electron chi connectivity index (χ4n) is 2.60. The summed E-state index contributed by atoms with van der Waals surface area (Å²) in [4.78, 5) is 18.3. The first kappa shape index (κ1) is 16.2. The van der Waals surface area contributed by atoms with Crippen LogP contribution in [0, 0.1) is 12.8 Å². The summed E-state index contributed by atoms with van der Waals surface area (Å²) >= 11 is 1.75. The Balaban J connectivity index is 2.05. The Morgan fingerprint density at radius 2 is 2.14 bits per heavy atom. The van der Waals surface area contributed by atoms with Gasteiger partial charge in [0.1, 0.15) is 0 Å². The van der Waals surface area contributed by atoms with Gasteiger partial charge in [0.2, 0.25) is 5.91 Å². The van der Waals surface area contributed by atoms with Crippen LogP contribution in [0.3, 0.4) is 0 Å². The quantitative estimate of drug-likeness (QED) is 0.753. The van der Waals surface area contributed by atoms with Gasteiger partial charge < -0.3 is 9.80 Å². The number of allylic oxidation sites excluding steroid dienone is 2. The number of thiophene rings is 1. The van der Waals surface area contributed by atoms with Gasteiger partial charge in [0.05, 0.1) is 6.54 Å². The first-order valence-corrected chi connectivity index (χ1v) is 8.57. The van der Waals surface area contributed by atoms with E-state index in [0.717, 1.165) is 38.9 Å². The normalized spacial score (nSPS) is 18.2. The maximum Gasteiger partial charge on any atom is 0.226 e. The Bertz CT molecular complexity index is 493. The summed E-state index contributed by atoms with van der Waals surface area (Å²) in [6, 6.07) is 2.14. The van der Waals surface area contributed by atoms with E-state index in [-0.39, 0.29) is 5.92 Å². The fraction of sp³-hybridized carbons (Fsp3) is 0.588. The number of hydrogen-bond donors (Lipinski definition) is 0. The summed E-state index contributed by atoms with van der Waals surface area (Å²) < 4.78 is 0. The van der Waals surface area contributed by atoms with E-state index < -0.39 is 0 Å². The lowest BCUT2D eigenvalue weighted by molar-refractivity contribution is -0.136. The standard InChI is InChI=1S/C17H26N2OS/c1-14-9-12-21-16(14)13-19(11-10-18(2)3)17(20)15-7-5-4-6-8-15/h4-5,9,12,15H,6-8,10-11,13H2,1-3H3/t15-/m0/s1. The second-order valence-corrected chi connectivity index (χ2v) is 7.07. The highest BCUT2D eigenvalue weighted by Gasteiger charge is 2.25. The molecule has 0 radical (unpaired) electrons. The number of hydrogen-bond acceptors (Lipinski definition) is 3. The second kappa shape index (κ2) is 7.76. The fourth-order valence-corrected chi connectivity index (χ4v) is 3.52. The van der Waals surface area contributed by atoms with Crippen LogP contribution in [-0.2, 0) is 11.3 Å². The van der Waals surface area contributed by atoms with Crippen molar-refractivity contribution in [2.45, 2.75) is 32.7 Å². The molecular weight excluding hydrogens is 280 g/mol. The first-order valence-electron chi connectivity index (χ1n) is 7.69. The van der Waals surface area contributed by atoms with Crippen LogP contribution in [-0.4, -0.2) is 42.9 Å². The Kier molecular flexibility index (Phi) is 6.00. The van der Waals surface area contributed by atoms with Crippen LogP contribution < -0.4 is 0 Å². The molecule has 1 heterocycles. The molecule has 1 aromatic heterocycles. The Labute approximate surface area is 132 Å². The Morgan fingerprint density at radius 3 is 2.71 bits per heavy atom. The molecule has 1 aliphatic rings. The van der Waals surface area contributed by atoms with Gasteiger partial charge >= 0.3 is 0 Å². The van der Waals surface area contributed by atoms with Gasteiger partial charge in [0.25, 0.3) is 0 Å². The molecule has 3 nitrogen and oxygen atoms in total. The van der Waals surface area contributed by atoms with Gasteiger partial charge in [-0.3, -0.25) is 4.79 Å². The highest BCUT2D eigenvalue weighted by molar-refractivity contribution is 7.10. The average molecular weight is 306 g/mol. The SMILES string of the molecule is Cc1ccsc1CN(CCN(C)C)C(=O)[C@H]1CC=CCC1. The predicted octanol–water partition coefficient (Wildman–Crippen LogP) is 3.30. The van der Waals surface area contributed by atoms with E-state index in [2.05, 4.69) is 54.4 Å². The summed E-state index contributed by atoms with van der Waals surface area (Å²) in [5, 5.41) is 2.11. The van der Waals surface area contributed by atoms with Crippen LogP contribution in [0.1, 0.15) is 29.7 Å². The number of nitrogens with zero attached hydrogens (tertiary/aromatic N) is 2. The molecule has 116 valence electrons. The molecule has 1 aromatic rings. The Hall–Kier alpha value is -1.13. The molecule has 1 atom stereocenters. The van der Waals surface area contributed by atoms with Crippen LogP contribution in [0.4, 0.5) is 0 Å². The predicted molar refractivity (Wildman–Crippen MR) is 89.5 cm³/mol. The van der Waals surface area contributed by atoms with E-state index in [0.29, 0.717) is 5.91 Å². The van der Waals surface area contributed by atoms with Crippen LogP contribution in [0.2, 0.25) is 0 Å². The molecule has 0 saturated heterocycles. The van der Waals surface area contributed by atoms with E-state index in [1.807, 2.05) is 0 Å². The van der Waals surface area contributed by atoms with E-state index in [1.165, 1.54) is 10.4 Å². The van der Waals surface area contributed by atoms with Crippen molar-refractivity contribution in [1.29, 1.82) is 0 Å². The topological polar surface area (TPSA) is 23.6 Å². The zero-order chi connectivity index (χ0) is 15.2. The summed E-state index contributed by atoms with van der Waals surface area (Å²) in [7, 11) is 4.12. The third-order valence-electron chi connectivity index (χ3n) is 4.05. The van der Waals surface area contributed by atoms with Crippen LogP contribution in [0.5, 0.6) is 0 Å². The van der Waals surface area contributed by atoms with Crippen LogP contribution >= 0.6 is 11.3 Å². The van der Waals surface area contributed by atoms with Gasteiger partial charge in [-0.05, 0) is 57.3 Å². The van der Waals surface area contributed by atoms with E-state index in [1.54, 1.807) is 11.3 Å². The molecule has 0 fully saturated rings. The van der Waals surface area contributed by atoms with Gasteiger partial charge in [0, 0.05) is 23.9 Å². The summed E-state index contributed by atoms with van der Waals surface area (Å²) in [5.41, 5.74) is 1.30. The van der Waals surface area contributed by atoms with E-state index in [9.17, 15) is 4.79 Å². The number of carbonyl (C=O) groups is 1. The molecule has 0 aromatic carbocycles. The minimum atomic E-state index is 0.178. The van der Waals surface area contributed by atoms with Gasteiger partial charge in [0.15, 0.2) is 0 Å². The minimum absolute atomic E-state index is 0.178. The summed E-state index contributed by atoms with van der Waals surface area (Å²) in [6.45, 7) is 4.61. The van der Waals surface area contributed by atoms with Crippen molar-refractivity contribution in [2.75, 3.05) is 27.2 Å². The average Bonchev–Trinajstić information content (AvgIpc) is 2.88. The number of aryl methyl sites for hydroxylation is 1. The van der Waals surface area contributed by atoms with Crippen LogP contribution in [0.25, 0.3) is 0 Å². The lowest BCUT2D eigenvalue weighted by atomic mass is 9.93. The second-order valence-electron chi connectivity index (χ2n) is 6.07. The smallest absolute Gasteiger partial charge is 0.226 e. The molecular formula is C17H26N2OS. The molecule has 21 heavy (non-hydrogen) atoms. The van der Waals surface area contributed by atoms with Crippen molar-refractivity contribution in [3.8, 4) is 0 Å². The van der Waals surface area contributed by atoms with Gasteiger partial charge in [-0.25, -0.2) is 0 Å².